The summed E-state index contributed by atoms with van der Waals surface area (Å²) in [5, 5.41) is 3.23. The largest absolute Gasteiger partial charge is 0.357 e. The minimum Gasteiger partial charge on any atom is -0.357 e. The van der Waals surface area contributed by atoms with E-state index < -0.39 is 6.04 Å². The Bertz CT molecular complexity index is 784. The zero-order valence-corrected chi connectivity index (χ0v) is 16.4. The van der Waals surface area contributed by atoms with E-state index in [1.807, 2.05) is 44.2 Å². The van der Waals surface area contributed by atoms with Gasteiger partial charge in [-0.25, -0.2) is 0 Å². The average molecular weight is 373 g/mol. The molecule has 0 heterocycles. The van der Waals surface area contributed by atoms with Crippen molar-refractivity contribution in [2.24, 2.45) is 0 Å². The lowest BCUT2D eigenvalue weighted by Gasteiger charge is -2.28. The molecular weight excluding hydrogens is 348 g/mol. The summed E-state index contributed by atoms with van der Waals surface area (Å²) in [6.07, 6.45) is 0.254. The Labute approximate surface area is 160 Å². The van der Waals surface area contributed by atoms with Crippen LogP contribution in [0.15, 0.2) is 42.5 Å². The summed E-state index contributed by atoms with van der Waals surface area (Å²) in [4.78, 5) is 26.7. The summed E-state index contributed by atoms with van der Waals surface area (Å²) in [6.45, 7) is 6.09. The molecule has 4 nitrogen and oxygen atoms in total. The Morgan fingerprint density at radius 3 is 2.31 bits per heavy atom. The van der Waals surface area contributed by atoms with E-state index in [2.05, 4.69) is 11.4 Å². The van der Waals surface area contributed by atoms with Crippen LogP contribution >= 0.6 is 11.6 Å². The molecule has 2 amide bonds. The van der Waals surface area contributed by atoms with Crippen LogP contribution in [-0.4, -0.2) is 29.8 Å². The van der Waals surface area contributed by atoms with E-state index in [-0.39, 0.29) is 18.2 Å². The molecule has 5 heteroatoms. The summed E-state index contributed by atoms with van der Waals surface area (Å²) in [6, 6.07) is 12.9. The minimum absolute atomic E-state index is 0.0916. The van der Waals surface area contributed by atoms with Crippen molar-refractivity contribution in [2.45, 2.75) is 39.8 Å². The number of nitrogens with zero attached hydrogens (tertiary/aromatic N) is 1. The quantitative estimate of drug-likeness (QED) is 0.841. The lowest BCUT2D eigenvalue weighted by Crippen LogP contribution is -2.47. The fraction of sp³-hybridized carbons (Fsp3) is 0.333. The van der Waals surface area contributed by atoms with Gasteiger partial charge in [0.1, 0.15) is 6.04 Å². The Morgan fingerprint density at radius 1 is 1.08 bits per heavy atom. The minimum atomic E-state index is -0.572. The number of halogens is 1. The first kappa shape index (κ1) is 20.0. The molecule has 2 aromatic carbocycles. The summed E-state index contributed by atoms with van der Waals surface area (Å²) in [5.41, 5.74) is 4.08. The molecule has 0 unspecified atom stereocenters. The van der Waals surface area contributed by atoms with Crippen LogP contribution in [0.4, 0.5) is 0 Å². The first-order valence-electron chi connectivity index (χ1n) is 8.63. The van der Waals surface area contributed by atoms with Crippen molar-refractivity contribution < 1.29 is 9.59 Å². The molecular formula is C21H25ClN2O2. The summed E-state index contributed by atoms with van der Waals surface area (Å²) >= 11 is 6.06. The third-order valence-corrected chi connectivity index (χ3v) is 4.53. The fourth-order valence-electron chi connectivity index (χ4n) is 3.07. The van der Waals surface area contributed by atoms with Crippen molar-refractivity contribution in [1.29, 1.82) is 0 Å². The number of hydrogen-bond donors (Lipinski definition) is 1. The smallest absolute Gasteiger partial charge is 0.242 e. The Morgan fingerprint density at radius 2 is 1.73 bits per heavy atom. The van der Waals surface area contributed by atoms with E-state index in [1.165, 1.54) is 0 Å². The van der Waals surface area contributed by atoms with Crippen LogP contribution in [0, 0.1) is 13.8 Å². The van der Waals surface area contributed by atoms with E-state index >= 15 is 0 Å². The molecule has 0 radical (unpaired) electrons. The zero-order valence-electron chi connectivity index (χ0n) is 15.7. The Balaban J connectivity index is 2.26. The number of hydrogen-bond acceptors (Lipinski definition) is 2. The van der Waals surface area contributed by atoms with Gasteiger partial charge in [-0.15, -0.1) is 0 Å². The number of benzene rings is 2. The van der Waals surface area contributed by atoms with E-state index in [9.17, 15) is 9.59 Å². The molecule has 2 rings (SSSR count). The van der Waals surface area contributed by atoms with Gasteiger partial charge < -0.3 is 10.2 Å². The summed E-state index contributed by atoms with van der Waals surface area (Å²) in [7, 11) is 1.57. The molecule has 0 saturated heterocycles. The number of likely N-dealkylation sites (N-methyl/N-ethyl adjacent to an activating group) is 1. The lowest BCUT2D eigenvalue weighted by molar-refractivity contribution is -0.139. The van der Waals surface area contributed by atoms with Gasteiger partial charge in [-0.2, -0.15) is 0 Å². The van der Waals surface area contributed by atoms with E-state index in [0.717, 1.165) is 22.3 Å². The van der Waals surface area contributed by atoms with Gasteiger partial charge in [-0.05, 0) is 44.0 Å². The van der Waals surface area contributed by atoms with Crippen LogP contribution in [0.3, 0.4) is 0 Å². The summed E-state index contributed by atoms with van der Waals surface area (Å²) in [5.74, 6) is -0.285. The molecule has 2 aromatic rings. The van der Waals surface area contributed by atoms with E-state index in [0.29, 0.717) is 11.6 Å². The van der Waals surface area contributed by atoms with Gasteiger partial charge in [0.2, 0.25) is 11.8 Å². The second-order valence-electron chi connectivity index (χ2n) is 6.61. The molecule has 0 aromatic heterocycles. The maximum Gasteiger partial charge on any atom is 0.242 e. The van der Waals surface area contributed by atoms with Gasteiger partial charge in [0.05, 0.1) is 6.42 Å². The Kier molecular flexibility index (Phi) is 6.81. The highest BCUT2D eigenvalue weighted by Gasteiger charge is 2.25. The van der Waals surface area contributed by atoms with Gasteiger partial charge in [0.15, 0.2) is 0 Å². The van der Waals surface area contributed by atoms with Crippen molar-refractivity contribution in [3.05, 3.63) is 69.7 Å². The first-order valence-corrected chi connectivity index (χ1v) is 9.00. The van der Waals surface area contributed by atoms with E-state index in [4.69, 9.17) is 11.6 Å². The van der Waals surface area contributed by atoms with Crippen LogP contribution in [0.2, 0.25) is 5.02 Å². The highest BCUT2D eigenvalue weighted by Crippen LogP contribution is 2.17. The summed E-state index contributed by atoms with van der Waals surface area (Å²) < 4.78 is 0. The van der Waals surface area contributed by atoms with Crippen molar-refractivity contribution in [3.63, 3.8) is 0 Å². The molecule has 0 aliphatic carbocycles. The van der Waals surface area contributed by atoms with E-state index in [1.54, 1.807) is 24.9 Å². The molecule has 0 aliphatic heterocycles. The topological polar surface area (TPSA) is 49.4 Å². The standard InChI is InChI=1S/C21H25ClN2O2/c1-14-8-15(2)10-18(9-14)12-20(25)24(16(3)21(26)23-4)13-17-6-5-7-19(22)11-17/h5-11,16H,12-13H2,1-4H3,(H,23,26)/t16-/m1/s1. The van der Waals surface area contributed by atoms with Gasteiger partial charge in [0, 0.05) is 18.6 Å². The van der Waals surface area contributed by atoms with Gasteiger partial charge in [0.25, 0.3) is 0 Å². The van der Waals surface area contributed by atoms with Crippen LogP contribution in [0.1, 0.15) is 29.2 Å². The third kappa shape index (κ3) is 5.33. The van der Waals surface area contributed by atoms with Crippen molar-refractivity contribution in [2.75, 3.05) is 7.05 Å². The molecule has 0 saturated carbocycles. The van der Waals surface area contributed by atoms with Crippen LogP contribution in [0.5, 0.6) is 0 Å². The average Bonchev–Trinajstić information content (AvgIpc) is 2.57. The third-order valence-electron chi connectivity index (χ3n) is 4.29. The highest BCUT2D eigenvalue weighted by atomic mass is 35.5. The molecule has 1 atom stereocenters. The maximum absolute atomic E-state index is 13.0. The van der Waals surface area contributed by atoms with Crippen LogP contribution in [-0.2, 0) is 22.6 Å². The molecule has 0 bridgehead atoms. The van der Waals surface area contributed by atoms with Gasteiger partial charge in [-0.1, -0.05) is 53.1 Å². The van der Waals surface area contributed by atoms with Crippen molar-refractivity contribution in [1.82, 2.24) is 10.2 Å². The van der Waals surface area contributed by atoms with Gasteiger partial charge in [-0.3, -0.25) is 9.59 Å². The number of aryl methyl sites for hydroxylation is 2. The number of carbonyl (C=O) groups excluding carboxylic acids is 2. The Hall–Kier alpha value is -2.33. The number of carbonyl (C=O) groups is 2. The monoisotopic (exact) mass is 372 g/mol. The highest BCUT2D eigenvalue weighted by molar-refractivity contribution is 6.30. The maximum atomic E-state index is 13.0. The molecule has 0 aliphatic rings. The SMILES string of the molecule is CNC(=O)[C@@H](C)N(Cc1cccc(Cl)c1)C(=O)Cc1cc(C)cc(C)c1. The lowest BCUT2D eigenvalue weighted by atomic mass is 10.0. The molecule has 1 N–H and O–H groups in total. The van der Waals surface area contributed by atoms with Crippen LogP contribution in [0.25, 0.3) is 0 Å². The predicted octanol–water partition coefficient (Wildman–Crippen LogP) is 3.66. The zero-order chi connectivity index (χ0) is 19.3. The molecule has 0 spiro atoms. The van der Waals surface area contributed by atoms with Crippen molar-refractivity contribution >= 4 is 23.4 Å². The van der Waals surface area contributed by atoms with Gasteiger partial charge >= 0.3 is 0 Å². The number of nitrogens with one attached hydrogen (secondary N) is 1. The second-order valence-corrected chi connectivity index (χ2v) is 7.05. The molecule has 26 heavy (non-hydrogen) atoms. The normalized spacial score (nSPS) is 11.7. The number of rotatable bonds is 6. The second kappa shape index (κ2) is 8.86. The first-order chi connectivity index (χ1) is 12.3. The molecule has 0 fully saturated rings. The van der Waals surface area contributed by atoms with Crippen molar-refractivity contribution in [3.8, 4) is 0 Å². The number of amides is 2. The molecule has 138 valence electrons. The van der Waals surface area contributed by atoms with Crippen LogP contribution < -0.4 is 5.32 Å². The fourth-order valence-corrected chi connectivity index (χ4v) is 3.28. The predicted molar refractivity (Wildman–Crippen MR) is 105 cm³/mol.